The quantitative estimate of drug-likeness (QED) is 0.651. The van der Waals surface area contributed by atoms with Crippen molar-refractivity contribution in [3.05, 3.63) is 51.1 Å². The Morgan fingerprint density at radius 2 is 2.00 bits per heavy atom. The molecule has 0 bridgehead atoms. The second-order valence-electron chi connectivity index (χ2n) is 6.41. The first kappa shape index (κ1) is 20.0. The molecule has 0 radical (unpaired) electrons. The summed E-state index contributed by atoms with van der Waals surface area (Å²) in [5.41, 5.74) is 9.03. The van der Waals surface area contributed by atoms with Gasteiger partial charge in [0.15, 0.2) is 11.5 Å². The number of fused-ring (bicyclic) bond motifs is 1. The summed E-state index contributed by atoms with van der Waals surface area (Å²) < 4.78 is 6.78. The van der Waals surface area contributed by atoms with Crippen LogP contribution in [0.2, 0.25) is 10.0 Å². The molecule has 3 heterocycles. The number of nitrogens with two attached hydrogens (primary N) is 1. The number of hydrogen-bond acceptors (Lipinski definition) is 5. The lowest BCUT2D eigenvalue weighted by atomic mass is 9.96. The first-order valence-electron chi connectivity index (χ1n) is 8.42. The highest BCUT2D eigenvalue weighted by Gasteiger charge is 2.22. The van der Waals surface area contributed by atoms with Crippen LogP contribution in [0.1, 0.15) is 35.6 Å². The number of hydrogen-bond donors (Lipinski definition) is 2. The van der Waals surface area contributed by atoms with E-state index in [1.807, 2.05) is 12.1 Å². The normalized spacial score (nSPS) is 15.0. The van der Waals surface area contributed by atoms with Crippen LogP contribution in [0.15, 0.2) is 24.3 Å². The zero-order valence-corrected chi connectivity index (χ0v) is 16.7. The number of aromatic hydroxyl groups is 1. The largest absolute Gasteiger partial charge is 0.493 e. The Kier molecular flexibility index (Phi) is 6.01. The van der Waals surface area contributed by atoms with Crippen LogP contribution in [0.5, 0.6) is 5.88 Å². The number of ether oxygens (including phenoxy) is 1. The number of nitrogens with zero attached hydrogens (tertiary/aromatic N) is 3. The highest BCUT2D eigenvalue weighted by atomic mass is 35.5. The van der Waals surface area contributed by atoms with Crippen molar-refractivity contribution in [2.24, 2.45) is 0 Å². The Labute approximate surface area is 172 Å². The van der Waals surface area contributed by atoms with E-state index in [1.165, 1.54) is 4.52 Å². The summed E-state index contributed by atoms with van der Waals surface area (Å²) in [6.45, 7) is 1.40. The van der Waals surface area contributed by atoms with Crippen LogP contribution in [-0.2, 0) is 11.2 Å². The third-order valence-electron chi connectivity index (χ3n) is 4.75. The van der Waals surface area contributed by atoms with Crippen molar-refractivity contribution in [2.45, 2.75) is 25.2 Å². The fourth-order valence-corrected chi connectivity index (χ4v) is 3.71. The summed E-state index contributed by atoms with van der Waals surface area (Å²) in [6.07, 6.45) is 2.18. The van der Waals surface area contributed by atoms with Crippen molar-refractivity contribution >= 4 is 47.1 Å². The molecule has 0 atom stereocenters. The van der Waals surface area contributed by atoms with Crippen molar-refractivity contribution in [1.82, 2.24) is 14.6 Å². The molecular formula is C18H19Cl3N4O2. The molecule has 27 heavy (non-hydrogen) atoms. The number of rotatable bonds is 3. The number of nitrogen functional groups attached to an aromatic ring is 1. The SMILES string of the molecule is Cl.Nc1nn2c(O)cc(C3CCOCC3)nc2c1Cc1cccc(Cl)c1Cl. The summed E-state index contributed by atoms with van der Waals surface area (Å²) in [4.78, 5) is 4.76. The van der Waals surface area contributed by atoms with Gasteiger partial charge in [-0.2, -0.15) is 4.52 Å². The topological polar surface area (TPSA) is 85.7 Å². The van der Waals surface area contributed by atoms with Crippen LogP contribution in [0.4, 0.5) is 5.82 Å². The number of halogens is 3. The minimum absolute atomic E-state index is 0. The maximum Gasteiger partial charge on any atom is 0.215 e. The Balaban J connectivity index is 0.00000210. The molecule has 9 heteroatoms. The van der Waals surface area contributed by atoms with E-state index >= 15 is 0 Å². The predicted octanol–water partition coefficient (Wildman–Crippen LogP) is 4.23. The Morgan fingerprint density at radius 1 is 1.26 bits per heavy atom. The number of anilines is 1. The molecule has 0 aliphatic carbocycles. The molecule has 6 nitrogen and oxygen atoms in total. The van der Waals surface area contributed by atoms with Gasteiger partial charge < -0.3 is 15.6 Å². The van der Waals surface area contributed by atoms with E-state index in [9.17, 15) is 5.11 Å². The van der Waals surface area contributed by atoms with Gasteiger partial charge in [0.25, 0.3) is 0 Å². The molecule has 3 aromatic rings. The van der Waals surface area contributed by atoms with E-state index in [4.69, 9.17) is 38.7 Å². The van der Waals surface area contributed by atoms with E-state index in [1.54, 1.807) is 12.1 Å². The molecule has 0 amide bonds. The molecule has 144 valence electrons. The van der Waals surface area contributed by atoms with Crippen LogP contribution in [0, 0.1) is 0 Å². The highest BCUT2D eigenvalue weighted by Crippen LogP contribution is 2.33. The van der Waals surface area contributed by atoms with E-state index in [2.05, 4.69) is 5.10 Å². The molecule has 0 saturated carbocycles. The van der Waals surface area contributed by atoms with E-state index in [-0.39, 0.29) is 24.2 Å². The molecule has 3 N–H and O–H groups in total. The van der Waals surface area contributed by atoms with Gasteiger partial charge in [0.2, 0.25) is 5.88 Å². The smallest absolute Gasteiger partial charge is 0.215 e. The van der Waals surface area contributed by atoms with Crippen molar-refractivity contribution in [3.63, 3.8) is 0 Å². The number of aromatic nitrogens is 3. The molecule has 0 unspecified atom stereocenters. The molecule has 4 rings (SSSR count). The first-order valence-corrected chi connectivity index (χ1v) is 9.18. The van der Waals surface area contributed by atoms with Crippen LogP contribution in [0.25, 0.3) is 5.65 Å². The second-order valence-corrected chi connectivity index (χ2v) is 7.20. The highest BCUT2D eigenvalue weighted by molar-refractivity contribution is 6.42. The average molecular weight is 430 g/mol. The van der Waals surface area contributed by atoms with Gasteiger partial charge in [-0.1, -0.05) is 35.3 Å². The minimum atomic E-state index is 0. The molecule has 1 aromatic carbocycles. The van der Waals surface area contributed by atoms with Crippen molar-refractivity contribution in [3.8, 4) is 5.88 Å². The molecule has 1 aliphatic heterocycles. The zero-order chi connectivity index (χ0) is 18.3. The number of benzene rings is 1. The predicted molar refractivity (Wildman–Crippen MR) is 108 cm³/mol. The van der Waals surface area contributed by atoms with Gasteiger partial charge in [-0.25, -0.2) is 4.98 Å². The molecule has 1 aliphatic rings. The van der Waals surface area contributed by atoms with Crippen LogP contribution in [-0.4, -0.2) is 32.9 Å². The van der Waals surface area contributed by atoms with Gasteiger partial charge in [0, 0.05) is 37.2 Å². The maximum atomic E-state index is 10.4. The summed E-state index contributed by atoms with van der Waals surface area (Å²) in [5, 5.41) is 15.6. The van der Waals surface area contributed by atoms with E-state index < -0.39 is 0 Å². The van der Waals surface area contributed by atoms with Crippen molar-refractivity contribution in [1.29, 1.82) is 0 Å². The van der Waals surface area contributed by atoms with Crippen LogP contribution < -0.4 is 5.73 Å². The Hall–Kier alpha value is -1.73. The van der Waals surface area contributed by atoms with Gasteiger partial charge in [-0.15, -0.1) is 17.5 Å². The maximum absolute atomic E-state index is 10.4. The van der Waals surface area contributed by atoms with E-state index in [0.717, 1.165) is 29.7 Å². The third-order valence-corrected chi connectivity index (χ3v) is 5.61. The summed E-state index contributed by atoms with van der Waals surface area (Å²) >= 11 is 12.4. The summed E-state index contributed by atoms with van der Waals surface area (Å²) in [6, 6.07) is 7.12. The molecule has 1 saturated heterocycles. The average Bonchev–Trinajstić information content (AvgIpc) is 2.96. The fraction of sp³-hybridized carbons (Fsp3) is 0.333. The standard InChI is InChI=1S/C18H18Cl2N4O2.ClH/c19-13-3-1-2-11(16(13)20)8-12-17(21)23-24-15(25)9-14(22-18(12)24)10-4-6-26-7-5-10;/h1-3,9-10,25H,4-8H2,(H2,21,23);1H. The Bertz CT molecular complexity index is 971. The third kappa shape index (κ3) is 3.80. The second kappa shape index (κ2) is 8.10. The molecule has 1 fully saturated rings. The fourth-order valence-electron chi connectivity index (χ4n) is 3.33. The van der Waals surface area contributed by atoms with Crippen molar-refractivity contribution in [2.75, 3.05) is 18.9 Å². The summed E-state index contributed by atoms with van der Waals surface area (Å²) in [5.74, 6) is 0.581. The molecular weight excluding hydrogens is 411 g/mol. The molecule has 0 spiro atoms. The van der Waals surface area contributed by atoms with Crippen molar-refractivity contribution < 1.29 is 9.84 Å². The monoisotopic (exact) mass is 428 g/mol. The van der Waals surface area contributed by atoms with Crippen LogP contribution >= 0.6 is 35.6 Å². The van der Waals surface area contributed by atoms with Gasteiger partial charge >= 0.3 is 0 Å². The lowest BCUT2D eigenvalue weighted by Gasteiger charge is -2.21. The zero-order valence-electron chi connectivity index (χ0n) is 14.4. The Morgan fingerprint density at radius 3 is 2.74 bits per heavy atom. The first-order chi connectivity index (χ1) is 12.5. The van der Waals surface area contributed by atoms with Gasteiger partial charge in [-0.05, 0) is 24.5 Å². The minimum Gasteiger partial charge on any atom is -0.493 e. The molecule has 2 aromatic heterocycles. The van der Waals surface area contributed by atoms with Gasteiger partial charge in [-0.3, -0.25) is 0 Å². The van der Waals surface area contributed by atoms with Gasteiger partial charge in [0.1, 0.15) is 0 Å². The lowest BCUT2D eigenvalue weighted by molar-refractivity contribution is 0.0844. The lowest BCUT2D eigenvalue weighted by Crippen LogP contribution is -2.15. The van der Waals surface area contributed by atoms with Gasteiger partial charge in [0.05, 0.1) is 15.7 Å². The summed E-state index contributed by atoms with van der Waals surface area (Å²) in [7, 11) is 0. The van der Waals surface area contributed by atoms with E-state index in [0.29, 0.717) is 41.1 Å². The van der Waals surface area contributed by atoms with Crippen LogP contribution in [0.3, 0.4) is 0 Å².